The highest BCUT2D eigenvalue weighted by Gasteiger charge is 2.46. The summed E-state index contributed by atoms with van der Waals surface area (Å²) < 4.78 is 0. The van der Waals surface area contributed by atoms with Crippen molar-refractivity contribution in [2.24, 2.45) is 5.41 Å². The second-order valence-corrected chi connectivity index (χ2v) is 6.97. The fourth-order valence-electron chi connectivity index (χ4n) is 4.53. The van der Waals surface area contributed by atoms with Gasteiger partial charge in [-0.15, -0.1) is 0 Å². The lowest BCUT2D eigenvalue weighted by Crippen LogP contribution is -2.28. The smallest absolute Gasteiger partial charge is 0.159 e. The van der Waals surface area contributed by atoms with E-state index in [0.717, 1.165) is 55.1 Å². The standard InChI is InChI=1S/C19H23N3O/c1-3-5-6-13-16(23)9-10-19(4-2)11-14-12(17(13)19)7-8-15-18(14)21-22-20-15/h7-8H,3-6,9-11H2,1-2H3,(H,20,21,22). The predicted molar refractivity (Wildman–Crippen MR) is 91.0 cm³/mol. The van der Waals surface area contributed by atoms with E-state index in [4.69, 9.17) is 0 Å². The maximum absolute atomic E-state index is 12.6. The molecule has 0 fully saturated rings. The van der Waals surface area contributed by atoms with Crippen LogP contribution in [-0.4, -0.2) is 21.2 Å². The van der Waals surface area contributed by atoms with Gasteiger partial charge >= 0.3 is 0 Å². The van der Waals surface area contributed by atoms with Gasteiger partial charge in [-0.2, -0.15) is 15.4 Å². The van der Waals surface area contributed by atoms with Gasteiger partial charge in [-0.1, -0.05) is 26.3 Å². The van der Waals surface area contributed by atoms with E-state index in [1.165, 1.54) is 16.7 Å². The van der Waals surface area contributed by atoms with Gasteiger partial charge in [-0.25, -0.2) is 0 Å². The van der Waals surface area contributed by atoms with Crippen molar-refractivity contribution in [1.82, 2.24) is 15.4 Å². The van der Waals surface area contributed by atoms with Gasteiger partial charge in [0.2, 0.25) is 0 Å². The van der Waals surface area contributed by atoms with Crippen LogP contribution in [0.2, 0.25) is 0 Å². The van der Waals surface area contributed by atoms with Crippen LogP contribution >= 0.6 is 0 Å². The molecule has 4 heteroatoms. The summed E-state index contributed by atoms with van der Waals surface area (Å²) in [6, 6.07) is 4.20. The minimum Gasteiger partial charge on any atom is -0.295 e. The van der Waals surface area contributed by atoms with Crippen LogP contribution in [0.5, 0.6) is 0 Å². The maximum Gasteiger partial charge on any atom is 0.159 e. The van der Waals surface area contributed by atoms with Gasteiger partial charge in [0.05, 0.1) is 0 Å². The van der Waals surface area contributed by atoms with Gasteiger partial charge in [0, 0.05) is 11.8 Å². The van der Waals surface area contributed by atoms with E-state index in [1.54, 1.807) is 0 Å². The number of carbonyl (C=O) groups is 1. The Labute approximate surface area is 136 Å². The largest absolute Gasteiger partial charge is 0.295 e. The second-order valence-electron chi connectivity index (χ2n) is 6.97. The maximum atomic E-state index is 12.6. The van der Waals surface area contributed by atoms with Crippen molar-refractivity contribution in [3.63, 3.8) is 0 Å². The number of hydrogen-bond donors (Lipinski definition) is 1. The van der Waals surface area contributed by atoms with E-state index in [0.29, 0.717) is 12.2 Å². The molecule has 1 atom stereocenters. The lowest BCUT2D eigenvalue weighted by atomic mass is 9.67. The van der Waals surface area contributed by atoms with Gasteiger partial charge in [-0.05, 0) is 60.4 Å². The lowest BCUT2D eigenvalue weighted by Gasteiger charge is -2.35. The average molecular weight is 309 g/mol. The molecule has 1 aromatic carbocycles. The molecule has 4 nitrogen and oxygen atoms in total. The molecule has 4 rings (SSSR count). The zero-order valence-electron chi connectivity index (χ0n) is 13.9. The number of nitrogens with one attached hydrogen (secondary N) is 1. The van der Waals surface area contributed by atoms with Crippen LogP contribution in [0.4, 0.5) is 0 Å². The number of hydrogen-bond acceptors (Lipinski definition) is 3. The minimum absolute atomic E-state index is 0.131. The van der Waals surface area contributed by atoms with Crippen molar-refractivity contribution in [3.05, 3.63) is 28.8 Å². The van der Waals surface area contributed by atoms with Crippen molar-refractivity contribution in [3.8, 4) is 0 Å². The number of ketones is 1. The molecule has 1 N–H and O–H groups in total. The molecule has 1 unspecified atom stereocenters. The van der Waals surface area contributed by atoms with Crippen LogP contribution in [0.15, 0.2) is 17.7 Å². The molecule has 2 aliphatic rings. The monoisotopic (exact) mass is 309 g/mol. The number of nitrogens with zero attached hydrogens (tertiary/aromatic N) is 2. The Morgan fingerprint density at radius 1 is 1.26 bits per heavy atom. The van der Waals surface area contributed by atoms with Crippen LogP contribution in [0.3, 0.4) is 0 Å². The van der Waals surface area contributed by atoms with Gasteiger partial charge in [0.15, 0.2) is 5.78 Å². The Balaban J connectivity index is 1.97. The topological polar surface area (TPSA) is 58.6 Å². The number of carbonyl (C=O) groups excluding carboxylic acids is 1. The summed E-state index contributed by atoms with van der Waals surface area (Å²) in [5, 5.41) is 11.4. The van der Waals surface area contributed by atoms with E-state index in [9.17, 15) is 4.79 Å². The summed E-state index contributed by atoms with van der Waals surface area (Å²) in [5.74, 6) is 0.366. The summed E-state index contributed by atoms with van der Waals surface area (Å²) in [5.41, 5.74) is 7.03. The summed E-state index contributed by atoms with van der Waals surface area (Å²) in [6.45, 7) is 4.45. The molecule has 0 saturated heterocycles. The molecule has 0 saturated carbocycles. The number of aromatic nitrogens is 3. The molecule has 2 aromatic rings. The molecule has 120 valence electrons. The molecule has 0 radical (unpaired) electrons. The highest BCUT2D eigenvalue weighted by atomic mass is 16.1. The summed E-state index contributed by atoms with van der Waals surface area (Å²) in [6.07, 6.45) is 6.89. The van der Waals surface area contributed by atoms with Gasteiger partial charge < -0.3 is 0 Å². The third-order valence-corrected chi connectivity index (χ3v) is 5.83. The quantitative estimate of drug-likeness (QED) is 0.920. The number of H-pyrrole nitrogens is 1. The van der Waals surface area contributed by atoms with Gasteiger partial charge in [0.25, 0.3) is 0 Å². The first-order chi connectivity index (χ1) is 11.2. The van der Waals surface area contributed by atoms with Crippen molar-refractivity contribution >= 4 is 22.4 Å². The Bertz CT molecular complexity index is 817. The van der Waals surface area contributed by atoms with Crippen molar-refractivity contribution in [2.75, 3.05) is 0 Å². The Kier molecular flexibility index (Phi) is 3.36. The van der Waals surface area contributed by atoms with Crippen LogP contribution in [0, 0.1) is 5.41 Å². The van der Waals surface area contributed by atoms with Gasteiger partial charge in [-0.3, -0.25) is 4.79 Å². The summed E-state index contributed by atoms with van der Waals surface area (Å²) in [7, 11) is 0. The average Bonchev–Trinajstić information content (AvgIpc) is 3.16. The molecule has 0 amide bonds. The lowest BCUT2D eigenvalue weighted by molar-refractivity contribution is -0.116. The normalized spacial score (nSPS) is 23.5. The van der Waals surface area contributed by atoms with Crippen LogP contribution in [0.25, 0.3) is 16.6 Å². The number of aromatic amines is 1. The van der Waals surface area contributed by atoms with E-state index < -0.39 is 0 Å². The zero-order valence-corrected chi connectivity index (χ0v) is 13.9. The number of allylic oxidation sites excluding steroid dienone is 2. The van der Waals surface area contributed by atoms with Crippen LogP contribution < -0.4 is 0 Å². The number of rotatable bonds is 4. The van der Waals surface area contributed by atoms with Crippen LogP contribution in [0.1, 0.15) is 63.5 Å². The summed E-state index contributed by atoms with van der Waals surface area (Å²) in [4.78, 5) is 12.6. The molecular weight excluding hydrogens is 286 g/mol. The minimum atomic E-state index is 0.131. The molecule has 0 aliphatic heterocycles. The fourth-order valence-corrected chi connectivity index (χ4v) is 4.53. The predicted octanol–water partition coefficient (Wildman–Crippen LogP) is 4.22. The molecule has 1 aromatic heterocycles. The number of fused-ring (bicyclic) bond motifs is 5. The highest BCUT2D eigenvalue weighted by molar-refractivity contribution is 6.07. The first-order valence-corrected chi connectivity index (χ1v) is 8.79. The zero-order chi connectivity index (χ0) is 16.0. The van der Waals surface area contributed by atoms with Crippen molar-refractivity contribution in [1.29, 1.82) is 0 Å². The SMILES string of the molecule is CCCCC1=C2c3ccc4n[nH]nc4c3CC2(CC)CCC1=O. The Morgan fingerprint density at radius 2 is 2.13 bits per heavy atom. The third kappa shape index (κ3) is 2.00. The van der Waals surface area contributed by atoms with Crippen LogP contribution in [-0.2, 0) is 11.2 Å². The van der Waals surface area contributed by atoms with E-state index in [2.05, 4.69) is 35.3 Å². The molecule has 0 bridgehead atoms. The molecular formula is C19H23N3O. The third-order valence-electron chi connectivity index (χ3n) is 5.83. The number of Topliss-reactive ketones (excluding diaryl/α,β-unsaturated/α-hetero) is 1. The second kappa shape index (κ2) is 5.29. The fraction of sp³-hybridized carbons (Fsp3) is 0.526. The molecule has 2 aliphatic carbocycles. The molecule has 1 heterocycles. The number of unbranched alkanes of at least 4 members (excludes halogenated alkanes) is 1. The van der Waals surface area contributed by atoms with Crippen molar-refractivity contribution in [2.45, 2.75) is 58.8 Å². The molecule has 23 heavy (non-hydrogen) atoms. The van der Waals surface area contributed by atoms with Crippen molar-refractivity contribution < 1.29 is 4.79 Å². The Morgan fingerprint density at radius 3 is 2.91 bits per heavy atom. The Hall–Kier alpha value is -1.97. The first kappa shape index (κ1) is 14.6. The van der Waals surface area contributed by atoms with E-state index >= 15 is 0 Å². The van der Waals surface area contributed by atoms with Gasteiger partial charge in [0.1, 0.15) is 11.0 Å². The molecule has 0 spiro atoms. The summed E-state index contributed by atoms with van der Waals surface area (Å²) >= 11 is 0. The first-order valence-electron chi connectivity index (χ1n) is 8.79. The highest BCUT2D eigenvalue weighted by Crippen LogP contribution is 2.57. The number of benzene rings is 1. The van der Waals surface area contributed by atoms with E-state index in [1.807, 2.05) is 6.07 Å². The van der Waals surface area contributed by atoms with E-state index in [-0.39, 0.29) is 5.41 Å².